The van der Waals surface area contributed by atoms with Crippen LogP contribution in [0.1, 0.15) is 5.56 Å². The second kappa shape index (κ2) is 15.2. The summed E-state index contributed by atoms with van der Waals surface area (Å²) in [5.41, 5.74) is 14.5. The molecule has 12 rings (SSSR count). The van der Waals surface area contributed by atoms with Gasteiger partial charge in [0, 0.05) is 74.3 Å². The van der Waals surface area contributed by atoms with E-state index in [0.717, 1.165) is 66.5 Å². The monoisotopic (exact) mass is 817 g/mol. The third-order valence-corrected chi connectivity index (χ3v) is 12.2. The molecular weight excluding hydrogens is 783 g/mol. The van der Waals surface area contributed by atoms with Crippen LogP contribution in [-0.2, 0) is 0 Å². The Bertz CT molecular complexity index is 3760. The molecule has 0 fully saturated rings. The molecule has 6 heterocycles. The first-order valence-electron chi connectivity index (χ1n) is 21.2. The van der Waals surface area contributed by atoms with Crippen LogP contribution in [-0.4, -0.2) is 29.1 Å². The summed E-state index contributed by atoms with van der Waals surface area (Å²) in [6.45, 7) is 0. The molecule has 64 heavy (non-hydrogen) atoms. The predicted molar refractivity (Wildman–Crippen MR) is 258 cm³/mol. The van der Waals surface area contributed by atoms with Crippen LogP contribution in [0.2, 0.25) is 0 Å². The summed E-state index contributed by atoms with van der Waals surface area (Å²) < 4.78 is 4.59. The molecule has 0 N–H and O–H groups in total. The van der Waals surface area contributed by atoms with E-state index >= 15 is 0 Å². The number of fused-ring (bicyclic) bond motifs is 6. The van der Waals surface area contributed by atoms with E-state index < -0.39 is 0 Å². The smallest absolute Gasteiger partial charge is 0.102 e. The van der Waals surface area contributed by atoms with E-state index in [1.54, 1.807) is 24.8 Å². The van der Waals surface area contributed by atoms with E-state index in [4.69, 9.17) is 19.9 Å². The number of aromatic nitrogens is 6. The number of hydrogen-bond acceptors (Lipinski definition) is 5. The van der Waals surface area contributed by atoms with Crippen LogP contribution in [0, 0.1) is 11.3 Å². The van der Waals surface area contributed by atoms with Gasteiger partial charge in [-0.2, -0.15) is 5.26 Å². The van der Waals surface area contributed by atoms with E-state index in [1.807, 2.05) is 72.8 Å². The Hall–Kier alpha value is -8.99. The van der Waals surface area contributed by atoms with Gasteiger partial charge in [-0.1, -0.05) is 91.0 Å². The molecule has 7 heteroatoms. The number of benzene rings is 6. The number of nitrogens with zero attached hydrogens (tertiary/aromatic N) is 7. The van der Waals surface area contributed by atoms with Crippen molar-refractivity contribution in [1.82, 2.24) is 29.1 Å². The molecule has 0 saturated heterocycles. The van der Waals surface area contributed by atoms with E-state index in [0.29, 0.717) is 33.9 Å². The standard InChI is InChI=1S/C57H35N7/c58-36-44-53(45-20-8-12-30-59-45)54(46-21-9-13-31-60-46)55(47-22-10-14-32-61-47)56(48-23-11-15-33-62-48)57(44)64-50-25-7-5-19-41(50)43-35-38(27-29-52(43)64)37-26-28-51-42(34-37)40-18-4-6-24-49(40)63(51)39-16-2-1-3-17-39/h1-35H. The van der Waals surface area contributed by atoms with Crippen molar-refractivity contribution in [2.45, 2.75) is 0 Å². The van der Waals surface area contributed by atoms with Crippen LogP contribution in [0.4, 0.5) is 0 Å². The molecule has 0 spiro atoms. The number of rotatable bonds is 7. The molecule has 0 unspecified atom stereocenters. The van der Waals surface area contributed by atoms with Gasteiger partial charge >= 0.3 is 0 Å². The lowest BCUT2D eigenvalue weighted by molar-refractivity contribution is 1.15. The van der Waals surface area contributed by atoms with Crippen molar-refractivity contribution in [1.29, 1.82) is 5.26 Å². The maximum Gasteiger partial charge on any atom is 0.102 e. The van der Waals surface area contributed by atoms with Crippen molar-refractivity contribution < 1.29 is 0 Å². The van der Waals surface area contributed by atoms with E-state index in [9.17, 15) is 5.26 Å². The van der Waals surface area contributed by atoms with Crippen molar-refractivity contribution in [2.75, 3.05) is 0 Å². The molecule has 0 amide bonds. The normalized spacial score (nSPS) is 11.4. The lowest BCUT2D eigenvalue weighted by atomic mass is 9.83. The van der Waals surface area contributed by atoms with Crippen molar-refractivity contribution >= 4 is 43.6 Å². The minimum absolute atomic E-state index is 0.451. The van der Waals surface area contributed by atoms with E-state index in [2.05, 4.69) is 130 Å². The average molecular weight is 818 g/mol. The second-order valence-electron chi connectivity index (χ2n) is 15.7. The van der Waals surface area contributed by atoms with Crippen molar-refractivity contribution in [3.63, 3.8) is 0 Å². The second-order valence-corrected chi connectivity index (χ2v) is 15.7. The molecule has 0 atom stereocenters. The molecule has 0 radical (unpaired) electrons. The summed E-state index contributed by atoms with van der Waals surface area (Å²) >= 11 is 0. The van der Waals surface area contributed by atoms with Crippen molar-refractivity contribution in [2.24, 2.45) is 0 Å². The van der Waals surface area contributed by atoms with Crippen LogP contribution < -0.4 is 0 Å². The van der Waals surface area contributed by atoms with Gasteiger partial charge < -0.3 is 9.13 Å². The molecule has 0 bridgehead atoms. The fraction of sp³-hybridized carbons (Fsp3) is 0. The van der Waals surface area contributed by atoms with E-state index in [-0.39, 0.29) is 0 Å². The summed E-state index contributed by atoms with van der Waals surface area (Å²) in [4.78, 5) is 19.8. The van der Waals surface area contributed by atoms with Crippen LogP contribution in [0.25, 0.3) is 111 Å². The maximum atomic E-state index is 11.7. The fourth-order valence-electron chi connectivity index (χ4n) is 9.53. The molecule has 0 saturated carbocycles. The molecular formula is C57H35N7. The lowest BCUT2D eigenvalue weighted by Gasteiger charge is -2.25. The number of pyridine rings is 4. The Kier molecular flexibility index (Phi) is 8.73. The first-order chi connectivity index (χ1) is 31.8. The molecule has 0 aliphatic heterocycles. The number of hydrogen-bond donors (Lipinski definition) is 0. The minimum Gasteiger partial charge on any atom is -0.309 e. The molecule has 0 aliphatic carbocycles. The highest BCUT2D eigenvalue weighted by Crippen LogP contribution is 2.51. The summed E-state index contributed by atoms with van der Waals surface area (Å²) in [6, 6.07) is 67.3. The van der Waals surface area contributed by atoms with Crippen molar-refractivity contribution in [3.8, 4) is 73.6 Å². The number of nitriles is 1. The summed E-state index contributed by atoms with van der Waals surface area (Å²) in [6.07, 6.45) is 7.15. The fourth-order valence-corrected chi connectivity index (χ4v) is 9.53. The summed E-state index contributed by atoms with van der Waals surface area (Å²) in [5, 5.41) is 16.2. The van der Waals surface area contributed by atoms with Gasteiger partial charge in [0.15, 0.2) is 0 Å². The van der Waals surface area contributed by atoms with Gasteiger partial charge in [-0.15, -0.1) is 0 Å². The molecule has 6 aromatic carbocycles. The Morgan fingerprint density at radius 3 is 1.25 bits per heavy atom. The first-order valence-corrected chi connectivity index (χ1v) is 21.2. The zero-order valence-corrected chi connectivity index (χ0v) is 34.3. The van der Waals surface area contributed by atoms with Crippen LogP contribution in [0.15, 0.2) is 213 Å². The first kappa shape index (κ1) is 36.8. The van der Waals surface area contributed by atoms with E-state index in [1.165, 1.54) is 16.3 Å². The Morgan fingerprint density at radius 2 is 0.750 bits per heavy atom. The van der Waals surface area contributed by atoms with Crippen molar-refractivity contribution in [3.05, 3.63) is 218 Å². The van der Waals surface area contributed by atoms with Crippen LogP contribution >= 0.6 is 0 Å². The molecule has 298 valence electrons. The van der Waals surface area contributed by atoms with Gasteiger partial charge in [0.25, 0.3) is 0 Å². The molecule has 12 aromatic rings. The zero-order valence-electron chi connectivity index (χ0n) is 34.3. The highest BCUT2D eigenvalue weighted by atomic mass is 15.0. The van der Waals surface area contributed by atoms with Gasteiger partial charge in [0.2, 0.25) is 0 Å². The van der Waals surface area contributed by atoms with Gasteiger partial charge in [-0.3, -0.25) is 19.9 Å². The highest BCUT2D eigenvalue weighted by molar-refractivity contribution is 6.14. The summed E-state index contributed by atoms with van der Waals surface area (Å²) in [5.74, 6) is 0. The van der Waals surface area contributed by atoms with Crippen LogP contribution in [0.5, 0.6) is 0 Å². The Morgan fingerprint density at radius 1 is 0.344 bits per heavy atom. The largest absolute Gasteiger partial charge is 0.309 e. The Balaban J connectivity index is 1.18. The SMILES string of the molecule is N#Cc1c(-c2ccccn2)c(-c2ccccn2)c(-c2ccccn2)c(-c2ccccn2)c1-n1c2ccccc2c2cc(-c3ccc4c(c3)c3ccccc3n4-c3ccccc3)ccc21. The summed E-state index contributed by atoms with van der Waals surface area (Å²) in [7, 11) is 0. The van der Waals surface area contributed by atoms with Crippen LogP contribution in [0.3, 0.4) is 0 Å². The predicted octanol–water partition coefficient (Wildman–Crippen LogP) is 13.7. The minimum atomic E-state index is 0.451. The quantitative estimate of drug-likeness (QED) is 0.160. The average Bonchev–Trinajstić information content (AvgIpc) is 3.88. The molecule has 6 aromatic heterocycles. The maximum absolute atomic E-state index is 11.7. The topological polar surface area (TPSA) is 85.2 Å². The third-order valence-electron chi connectivity index (χ3n) is 12.2. The van der Waals surface area contributed by atoms with Gasteiger partial charge in [0.05, 0.1) is 56.1 Å². The van der Waals surface area contributed by atoms with Gasteiger partial charge in [-0.25, -0.2) is 0 Å². The lowest BCUT2D eigenvalue weighted by Crippen LogP contribution is -2.09. The van der Waals surface area contributed by atoms with Gasteiger partial charge in [-0.05, 0) is 108 Å². The zero-order chi connectivity index (χ0) is 42.6. The highest BCUT2D eigenvalue weighted by Gasteiger charge is 2.32. The molecule has 0 aliphatic rings. The number of para-hydroxylation sites is 3. The molecule has 7 nitrogen and oxygen atoms in total. The van der Waals surface area contributed by atoms with Gasteiger partial charge in [0.1, 0.15) is 6.07 Å². The third kappa shape index (κ3) is 5.82. The Labute approximate surface area is 368 Å².